The number of aromatic amines is 1. The number of nitrogens with one attached hydrogen (secondary N) is 1. The van der Waals surface area contributed by atoms with E-state index < -0.39 is 0 Å². The van der Waals surface area contributed by atoms with Crippen molar-refractivity contribution in [1.82, 2.24) is 9.55 Å². The third kappa shape index (κ3) is 2.31. The molecule has 0 aliphatic heterocycles. The highest BCUT2D eigenvalue weighted by atomic mass is 16.1. The van der Waals surface area contributed by atoms with Gasteiger partial charge >= 0.3 is 5.69 Å². The van der Waals surface area contributed by atoms with E-state index in [1.54, 1.807) is 17.0 Å². The number of hydrogen-bond donors (Lipinski definition) is 1. The fraction of sp³-hybridized carbons (Fsp3) is 0.444. The van der Waals surface area contributed by atoms with Crippen molar-refractivity contribution >= 4 is 0 Å². The summed E-state index contributed by atoms with van der Waals surface area (Å²) in [7, 11) is 0. The monoisotopic (exact) mass is 164 g/mol. The maximum Gasteiger partial charge on any atom is 0.325 e. The largest absolute Gasteiger partial charge is 0.325 e. The lowest BCUT2D eigenvalue weighted by Gasteiger charge is -1.97. The Morgan fingerprint density at radius 3 is 3.00 bits per heavy atom. The molecule has 0 fully saturated rings. The Kier molecular flexibility index (Phi) is 3.21. The van der Waals surface area contributed by atoms with Crippen molar-refractivity contribution in [3.63, 3.8) is 0 Å². The molecule has 1 heterocycles. The van der Waals surface area contributed by atoms with Crippen molar-refractivity contribution in [2.45, 2.75) is 25.8 Å². The quantitative estimate of drug-likeness (QED) is 0.522. The molecule has 0 saturated heterocycles. The minimum absolute atomic E-state index is 0.0456. The number of hydrogen-bond acceptors (Lipinski definition) is 1. The topological polar surface area (TPSA) is 37.8 Å². The SMILES string of the molecule is C#CCCCCn1cc[nH]c1=O. The Bertz CT molecular complexity index is 316. The van der Waals surface area contributed by atoms with Crippen LogP contribution in [0.15, 0.2) is 17.2 Å². The summed E-state index contributed by atoms with van der Waals surface area (Å²) in [6, 6.07) is 0. The van der Waals surface area contributed by atoms with Crippen LogP contribution in [0.3, 0.4) is 0 Å². The highest BCUT2D eigenvalue weighted by Gasteiger charge is 1.93. The van der Waals surface area contributed by atoms with Crippen LogP contribution in [0.4, 0.5) is 0 Å². The molecule has 0 radical (unpaired) electrons. The molecule has 1 aromatic rings. The van der Waals surface area contributed by atoms with E-state index in [0.29, 0.717) is 0 Å². The van der Waals surface area contributed by atoms with Crippen LogP contribution in [0.1, 0.15) is 19.3 Å². The number of unbranched alkanes of at least 4 members (excludes halogenated alkanes) is 2. The van der Waals surface area contributed by atoms with E-state index in [2.05, 4.69) is 10.9 Å². The van der Waals surface area contributed by atoms with Crippen molar-refractivity contribution in [3.8, 4) is 12.3 Å². The molecule has 0 unspecified atom stereocenters. The van der Waals surface area contributed by atoms with Gasteiger partial charge in [-0.15, -0.1) is 12.3 Å². The summed E-state index contributed by atoms with van der Waals surface area (Å²) in [6.45, 7) is 0.754. The van der Waals surface area contributed by atoms with Gasteiger partial charge in [0.2, 0.25) is 0 Å². The zero-order chi connectivity index (χ0) is 8.81. The fourth-order valence-electron chi connectivity index (χ4n) is 1.03. The van der Waals surface area contributed by atoms with E-state index in [1.807, 2.05) is 0 Å². The van der Waals surface area contributed by atoms with E-state index in [-0.39, 0.29) is 5.69 Å². The van der Waals surface area contributed by atoms with Crippen LogP contribution in [0, 0.1) is 12.3 Å². The highest BCUT2D eigenvalue weighted by molar-refractivity contribution is 4.83. The summed E-state index contributed by atoms with van der Waals surface area (Å²) in [4.78, 5) is 13.5. The van der Waals surface area contributed by atoms with Crippen LogP contribution in [-0.2, 0) is 6.54 Å². The van der Waals surface area contributed by atoms with Crippen molar-refractivity contribution in [1.29, 1.82) is 0 Å². The van der Waals surface area contributed by atoms with Crippen LogP contribution in [0.25, 0.3) is 0 Å². The lowest BCUT2D eigenvalue weighted by Crippen LogP contribution is -2.15. The van der Waals surface area contributed by atoms with Gasteiger partial charge in [0.25, 0.3) is 0 Å². The summed E-state index contributed by atoms with van der Waals surface area (Å²) in [5, 5.41) is 0. The number of imidazole rings is 1. The molecule has 0 aliphatic rings. The molecule has 12 heavy (non-hydrogen) atoms. The lowest BCUT2D eigenvalue weighted by atomic mass is 10.2. The van der Waals surface area contributed by atoms with Crippen LogP contribution in [0.5, 0.6) is 0 Å². The second-order valence-corrected chi connectivity index (χ2v) is 2.62. The Morgan fingerprint density at radius 2 is 2.42 bits per heavy atom. The first-order valence-electron chi connectivity index (χ1n) is 4.02. The summed E-state index contributed by atoms with van der Waals surface area (Å²) in [6.07, 6.45) is 11.2. The normalized spacial score (nSPS) is 9.58. The van der Waals surface area contributed by atoms with Crippen LogP contribution in [0.2, 0.25) is 0 Å². The van der Waals surface area contributed by atoms with Crippen LogP contribution in [-0.4, -0.2) is 9.55 Å². The summed E-state index contributed by atoms with van der Waals surface area (Å²) in [5.74, 6) is 2.57. The van der Waals surface area contributed by atoms with Crippen LogP contribution < -0.4 is 5.69 Å². The zero-order valence-corrected chi connectivity index (χ0v) is 6.92. The molecule has 0 atom stereocenters. The van der Waals surface area contributed by atoms with Crippen molar-refractivity contribution < 1.29 is 0 Å². The number of aryl methyl sites for hydroxylation is 1. The van der Waals surface area contributed by atoms with E-state index in [0.717, 1.165) is 25.8 Å². The van der Waals surface area contributed by atoms with Gasteiger partial charge < -0.3 is 4.98 Å². The lowest BCUT2D eigenvalue weighted by molar-refractivity contribution is 0.602. The second kappa shape index (κ2) is 4.45. The van der Waals surface area contributed by atoms with E-state index >= 15 is 0 Å². The van der Waals surface area contributed by atoms with E-state index in [9.17, 15) is 4.79 Å². The number of terminal acetylenes is 1. The molecule has 0 saturated carbocycles. The predicted molar refractivity (Wildman–Crippen MR) is 47.7 cm³/mol. The van der Waals surface area contributed by atoms with Gasteiger partial charge in [-0.1, -0.05) is 0 Å². The molecular formula is C9H12N2O. The van der Waals surface area contributed by atoms with Gasteiger partial charge in [0, 0.05) is 25.4 Å². The summed E-state index contributed by atoms with van der Waals surface area (Å²) >= 11 is 0. The smallest absolute Gasteiger partial charge is 0.313 e. The molecule has 0 spiro atoms. The first-order chi connectivity index (χ1) is 5.84. The van der Waals surface area contributed by atoms with Crippen molar-refractivity contribution in [2.75, 3.05) is 0 Å². The second-order valence-electron chi connectivity index (χ2n) is 2.62. The van der Waals surface area contributed by atoms with Crippen molar-refractivity contribution in [2.24, 2.45) is 0 Å². The average Bonchev–Trinajstić information content (AvgIpc) is 2.46. The molecule has 0 amide bonds. The molecule has 1 N–H and O–H groups in total. The maximum absolute atomic E-state index is 11.0. The van der Waals surface area contributed by atoms with E-state index in [1.165, 1.54) is 0 Å². The molecular weight excluding hydrogens is 152 g/mol. The van der Waals surface area contributed by atoms with Crippen molar-refractivity contribution in [3.05, 3.63) is 22.9 Å². The van der Waals surface area contributed by atoms with E-state index in [4.69, 9.17) is 6.42 Å². The zero-order valence-electron chi connectivity index (χ0n) is 6.92. The fourth-order valence-corrected chi connectivity index (χ4v) is 1.03. The van der Waals surface area contributed by atoms with Gasteiger partial charge in [0.15, 0.2) is 0 Å². The van der Waals surface area contributed by atoms with Gasteiger partial charge in [-0.3, -0.25) is 4.57 Å². The first-order valence-corrected chi connectivity index (χ1v) is 4.02. The Hall–Kier alpha value is -1.43. The van der Waals surface area contributed by atoms with Gasteiger partial charge in [0.1, 0.15) is 0 Å². The standard InChI is InChI=1S/C9H12N2O/c1-2-3-4-5-7-11-8-6-10-9(11)12/h1,6,8H,3-5,7H2,(H,10,12). The van der Waals surface area contributed by atoms with Gasteiger partial charge in [-0.25, -0.2) is 4.79 Å². The number of nitrogens with zero attached hydrogens (tertiary/aromatic N) is 1. The van der Waals surface area contributed by atoms with Crippen LogP contribution >= 0.6 is 0 Å². The third-order valence-corrected chi connectivity index (χ3v) is 1.69. The number of H-pyrrole nitrogens is 1. The molecule has 64 valence electrons. The van der Waals surface area contributed by atoms with Gasteiger partial charge in [-0.05, 0) is 12.8 Å². The molecule has 0 aliphatic carbocycles. The molecule has 3 nitrogen and oxygen atoms in total. The Morgan fingerprint density at radius 1 is 1.58 bits per heavy atom. The minimum Gasteiger partial charge on any atom is -0.313 e. The minimum atomic E-state index is -0.0456. The Balaban J connectivity index is 2.30. The average molecular weight is 164 g/mol. The van der Waals surface area contributed by atoms with Gasteiger partial charge in [-0.2, -0.15) is 0 Å². The highest BCUT2D eigenvalue weighted by Crippen LogP contribution is 1.95. The molecule has 0 bridgehead atoms. The van der Waals surface area contributed by atoms with Gasteiger partial charge in [0.05, 0.1) is 0 Å². The summed E-state index contributed by atoms with van der Waals surface area (Å²) in [5.41, 5.74) is -0.0456. The number of aromatic nitrogens is 2. The Labute approximate surface area is 71.4 Å². The molecule has 0 aromatic carbocycles. The molecule has 1 rings (SSSR count). The number of rotatable bonds is 4. The molecule has 3 heteroatoms. The summed E-state index contributed by atoms with van der Waals surface area (Å²) < 4.78 is 1.65. The predicted octanol–water partition coefficient (Wildman–Crippen LogP) is 0.980. The maximum atomic E-state index is 11.0. The molecule has 1 aromatic heterocycles. The third-order valence-electron chi connectivity index (χ3n) is 1.69. The first kappa shape index (κ1) is 8.66.